The van der Waals surface area contributed by atoms with Crippen LogP contribution in [0.2, 0.25) is 0 Å². The zero-order valence-corrected chi connectivity index (χ0v) is 14.9. The number of aromatic nitrogens is 3. The number of nitrogens with zero attached hydrogens (tertiary/aromatic N) is 3. The van der Waals surface area contributed by atoms with Crippen molar-refractivity contribution in [1.82, 2.24) is 20.1 Å². The Hall–Kier alpha value is -3.80. The van der Waals surface area contributed by atoms with E-state index < -0.39 is 0 Å². The lowest BCUT2D eigenvalue weighted by atomic mass is 10.2. The number of nitrogens with one attached hydrogen (secondary N) is 1. The van der Waals surface area contributed by atoms with E-state index in [1.54, 1.807) is 16.8 Å². The first-order valence-corrected chi connectivity index (χ1v) is 8.81. The van der Waals surface area contributed by atoms with E-state index in [4.69, 9.17) is 0 Å². The van der Waals surface area contributed by atoms with Gasteiger partial charge in [0.25, 0.3) is 5.91 Å². The van der Waals surface area contributed by atoms with Crippen LogP contribution in [-0.4, -0.2) is 20.7 Å². The second-order valence-corrected chi connectivity index (χ2v) is 6.18. The molecule has 0 aliphatic carbocycles. The van der Waals surface area contributed by atoms with E-state index in [1.165, 1.54) is 12.1 Å². The van der Waals surface area contributed by atoms with Crippen molar-refractivity contribution in [2.45, 2.75) is 6.54 Å². The highest BCUT2D eigenvalue weighted by Crippen LogP contribution is 2.21. The van der Waals surface area contributed by atoms with Gasteiger partial charge in [0.2, 0.25) is 5.82 Å². The Morgan fingerprint density at radius 1 is 0.893 bits per heavy atom. The first-order valence-electron chi connectivity index (χ1n) is 8.81. The minimum absolute atomic E-state index is 0.0547. The minimum atomic E-state index is -0.373. The molecule has 0 radical (unpaired) electrons. The average Bonchev–Trinajstić information content (AvgIpc) is 3.19. The lowest BCUT2D eigenvalue weighted by Crippen LogP contribution is -2.24. The van der Waals surface area contributed by atoms with Crippen LogP contribution in [0.15, 0.2) is 84.9 Å². The monoisotopic (exact) mass is 372 g/mol. The maximum Gasteiger partial charge on any atom is 0.291 e. The highest BCUT2D eigenvalue weighted by molar-refractivity contribution is 5.91. The molecule has 1 N–H and O–H groups in total. The second kappa shape index (κ2) is 7.84. The van der Waals surface area contributed by atoms with Gasteiger partial charge in [-0.1, -0.05) is 60.7 Å². The van der Waals surface area contributed by atoms with Crippen LogP contribution in [-0.2, 0) is 6.54 Å². The molecule has 0 unspecified atom stereocenters. The predicted molar refractivity (Wildman–Crippen MR) is 104 cm³/mol. The van der Waals surface area contributed by atoms with Gasteiger partial charge in [0, 0.05) is 12.1 Å². The van der Waals surface area contributed by atoms with E-state index >= 15 is 0 Å². The zero-order valence-electron chi connectivity index (χ0n) is 14.9. The third kappa shape index (κ3) is 3.81. The first-order chi connectivity index (χ1) is 13.7. The number of benzene rings is 3. The fourth-order valence-electron chi connectivity index (χ4n) is 2.80. The summed E-state index contributed by atoms with van der Waals surface area (Å²) in [6.07, 6.45) is 0. The molecule has 1 aromatic heterocycles. The number of amides is 1. The first kappa shape index (κ1) is 17.6. The molecule has 6 heteroatoms. The molecule has 4 aromatic rings. The number of carbonyl (C=O) groups is 1. The van der Waals surface area contributed by atoms with Gasteiger partial charge >= 0.3 is 0 Å². The van der Waals surface area contributed by atoms with Crippen molar-refractivity contribution in [3.05, 3.63) is 102 Å². The summed E-state index contributed by atoms with van der Waals surface area (Å²) in [6, 6.07) is 24.9. The lowest BCUT2D eigenvalue weighted by Gasteiger charge is -2.05. The molecule has 0 bridgehead atoms. The van der Waals surface area contributed by atoms with Crippen molar-refractivity contribution < 1.29 is 9.18 Å². The average molecular weight is 372 g/mol. The van der Waals surface area contributed by atoms with E-state index in [0.717, 1.165) is 11.1 Å². The molecule has 138 valence electrons. The Morgan fingerprint density at radius 3 is 2.21 bits per heavy atom. The Labute approximate surface area is 161 Å². The van der Waals surface area contributed by atoms with Crippen LogP contribution in [0.25, 0.3) is 17.1 Å². The van der Waals surface area contributed by atoms with Gasteiger partial charge in [-0.15, -0.1) is 5.10 Å². The Balaban J connectivity index is 1.66. The number of carbonyl (C=O) groups excluding carboxylic acids is 1. The molecule has 4 rings (SSSR count). The topological polar surface area (TPSA) is 59.8 Å². The predicted octanol–water partition coefficient (Wildman–Crippen LogP) is 4.00. The number of hydrogen-bond acceptors (Lipinski definition) is 3. The largest absolute Gasteiger partial charge is 0.345 e. The van der Waals surface area contributed by atoms with Crippen LogP contribution in [0.1, 0.15) is 16.2 Å². The molecule has 3 aromatic carbocycles. The van der Waals surface area contributed by atoms with Crippen molar-refractivity contribution in [3.63, 3.8) is 0 Å². The normalized spacial score (nSPS) is 10.6. The Morgan fingerprint density at radius 2 is 1.54 bits per heavy atom. The van der Waals surface area contributed by atoms with Gasteiger partial charge in [0.15, 0.2) is 5.82 Å². The third-order valence-corrected chi connectivity index (χ3v) is 4.21. The molecule has 1 amide bonds. The molecule has 0 spiro atoms. The van der Waals surface area contributed by atoms with Gasteiger partial charge in [-0.2, -0.15) is 0 Å². The molecular formula is C22H17FN4O. The molecule has 0 saturated carbocycles. The van der Waals surface area contributed by atoms with Crippen molar-refractivity contribution in [1.29, 1.82) is 0 Å². The molecule has 0 atom stereocenters. The van der Waals surface area contributed by atoms with Gasteiger partial charge in [-0.3, -0.25) is 4.79 Å². The third-order valence-electron chi connectivity index (χ3n) is 4.21. The van der Waals surface area contributed by atoms with Crippen molar-refractivity contribution in [2.75, 3.05) is 0 Å². The summed E-state index contributed by atoms with van der Waals surface area (Å²) >= 11 is 0. The van der Waals surface area contributed by atoms with Crippen molar-refractivity contribution in [2.24, 2.45) is 0 Å². The zero-order chi connectivity index (χ0) is 19.3. The van der Waals surface area contributed by atoms with E-state index in [1.807, 2.05) is 60.7 Å². The summed E-state index contributed by atoms with van der Waals surface area (Å²) in [6.45, 7) is 0.380. The number of rotatable bonds is 5. The van der Waals surface area contributed by atoms with Gasteiger partial charge in [0.05, 0.1) is 5.69 Å². The van der Waals surface area contributed by atoms with Gasteiger partial charge in [0.1, 0.15) is 5.82 Å². The quantitative estimate of drug-likeness (QED) is 0.576. The Kier molecular flexibility index (Phi) is 4.93. The fraction of sp³-hybridized carbons (Fsp3) is 0.0455. The summed E-state index contributed by atoms with van der Waals surface area (Å²) in [7, 11) is 0. The van der Waals surface area contributed by atoms with Crippen LogP contribution in [0, 0.1) is 5.82 Å². The molecule has 0 aliphatic heterocycles. The van der Waals surface area contributed by atoms with Crippen molar-refractivity contribution >= 4 is 5.91 Å². The number of hydrogen-bond donors (Lipinski definition) is 1. The summed E-state index contributed by atoms with van der Waals surface area (Å²) in [4.78, 5) is 17.0. The molecule has 0 saturated heterocycles. The fourth-order valence-corrected chi connectivity index (χ4v) is 2.80. The smallest absolute Gasteiger partial charge is 0.291 e. The van der Waals surface area contributed by atoms with Crippen LogP contribution >= 0.6 is 0 Å². The summed E-state index contributed by atoms with van der Waals surface area (Å²) < 4.78 is 14.9. The van der Waals surface area contributed by atoms with Crippen molar-refractivity contribution in [3.8, 4) is 17.1 Å². The highest BCUT2D eigenvalue weighted by atomic mass is 19.1. The van der Waals surface area contributed by atoms with Gasteiger partial charge < -0.3 is 5.32 Å². The Bertz CT molecular complexity index is 1080. The molecule has 0 aliphatic rings. The SMILES string of the molecule is O=C(NCc1ccccc1)c1nc(-c2ccccc2)n(-c2ccc(F)cc2)n1. The lowest BCUT2D eigenvalue weighted by molar-refractivity contribution is 0.0940. The summed E-state index contributed by atoms with van der Waals surface area (Å²) in [5.41, 5.74) is 2.41. The molecular weight excluding hydrogens is 355 g/mol. The summed E-state index contributed by atoms with van der Waals surface area (Å²) in [5, 5.41) is 7.20. The van der Waals surface area contributed by atoms with Crippen LogP contribution in [0.4, 0.5) is 4.39 Å². The summed E-state index contributed by atoms with van der Waals surface area (Å²) in [5.74, 6) is -0.149. The molecule has 5 nitrogen and oxygen atoms in total. The highest BCUT2D eigenvalue weighted by Gasteiger charge is 2.18. The molecule has 0 fully saturated rings. The maximum atomic E-state index is 13.3. The van der Waals surface area contributed by atoms with Gasteiger partial charge in [-0.05, 0) is 29.8 Å². The standard InChI is InChI=1S/C22H17FN4O/c23-18-11-13-19(14-12-18)27-21(17-9-5-2-6-10-17)25-20(26-27)22(28)24-15-16-7-3-1-4-8-16/h1-14H,15H2,(H,24,28). The maximum absolute atomic E-state index is 13.3. The van der Waals surface area contributed by atoms with Crippen LogP contribution < -0.4 is 5.32 Å². The van der Waals surface area contributed by atoms with E-state index in [2.05, 4.69) is 15.4 Å². The molecule has 1 heterocycles. The second-order valence-electron chi connectivity index (χ2n) is 6.18. The number of halogens is 1. The van der Waals surface area contributed by atoms with Gasteiger partial charge in [-0.25, -0.2) is 14.1 Å². The van der Waals surface area contributed by atoms with Crippen LogP contribution in [0.3, 0.4) is 0 Å². The van der Waals surface area contributed by atoms with Crippen LogP contribution in [0.5, 0.6) is 0 Å². The van der Waals surface area contributed by atoms with E-state index in [9.17, 15) is 9.18 Å². The van der Waals surface area contributed by atoms with E-state index in [-0.39, 0.29) is 17.5 Å². The minimum Gasteiger partial charge on any atom is -0.345 e. The molecule has 28 heavy (non-hydrogen) atoms. The van der Waals surface area contributed by atoms with E-state index in [0.29, 0.717) is 18.1 Å².